The Labute approximate surface area is 149 Å². The molecule has 1 aromatic carbocycles. The molecule has 21 heavy (non-hydrogen) atoms. The van der Waals surface area contributed by atoms with Crippen molar-refractivity contribution in [2.24, 2.45) is 5.92 Å². The van der Waals surface area contributed by atoms with Gasteiger partial charge in [-0.2, -0.15) is 0 Å². The Morgan fingerprint density at radius 3 is 2.14 bits per heavy atom. The van der Waals surface area contributed by atoms with Crippen LogP contribution in [0.3, 0.4) is 0 Å². The van der Waals surface area contributed by atoms with Crippen LogP contribution in [0, 0.1) is 5.92 Å². The second kappa shape index (κ2) is 7.98. The standard InChI is InChI=1S/C13H15Cl5N2O/c1-7(2)6-10(21)19-12(13(16,17)18)20-11-8(14)4-3-5-9(11)15/h3-5,7,12,20H,6H2,1-2H3,(H,19,21)/t12-/m0/s1. The number of rotatable bonds is 5. The molecular weight excluding hydrogens is 377 g/mol. The van der Waals surface area contributed by atoms with E-state index in [0.29, 0.717) is 22.2 Å². The largest absolute Gasteiger partial charge is 0.359 e. The van der Waals surface area contributed by atoms with Gasteiger partial charge in [0, 0.05) is 6.42 Å². The SMILES string of the molecule is CC(C)CC(=O)N[C@@H](Nc1c(Cl)cccc1Cl)C(Cl)(Cl)Cl. The summed E-state index contributed by atoms with van der Waals surface area (Å²) in [6.07, 6.45) is -0.652. The van der Waals surface area contributed by atoms with E-state index in [1.54, 1.807) is 18.2 Å². The van der Waals surface area contributed by atoms with Gasteiger partial charge in [-0.25, -0.2) is 0 Å². The highest BCUT2D eigenvalue weighted by Gasteiger charge is 2.34. The van der Waals surface area contributed by atoms with Crippen LogP contribution >= 0.6 is 58.0 Å². The van der Waals surface area contributed by atoms with Crippen LogP contribution in [0.25, 0.3) is 0 Å². The smallest absolute Gasteiger partial charge is 0.228 e. The third-order valence-corrected chi connectivity index (χ3v) is 3.76. The number of para-hydroxylation sites is 1. The number of carbonyl (C=O) groups is 1. The first kappa shape index (κ1) is 19.0. The van der Waals surface area contributed by atoms with Gasteiger partial charge in [0.25, 0.3) is 0 Å². The van der Waals surface area contributed by atoms with Crippen LogP contribution in [-0.2, 0) is 4.79 Å². The van der Waals surface area contributed by atoms with Crippen molar-refractivity contribution in [3.8, 4) is 0 Å². The molecule has 0 aliphatic heterocycles. The van der Waals surface area contributed by atoms with Gasteiger partial charge in [0.2, 0.25) is 9.70 Å². The molecule has 1 rings (SSSR count). The maximum atomic E-state index is 11.9. The first-order valence-electron chi connectivity index (χ1n) is 6.18. The minimum Gasteiger partial charge on any atom is -0.359 e. The molecule has 1 atom stereocenters. The number of halogens is 5. The Kier molecular flexibility index (Phi) is 7.21. The second-order valence-electron chi connectivity index (χ2n) is 4.88. The molecule has 0 fully saturated rings. The zero-order valence-corrected chi connectivity index (χ0v) is 15.2. The van der Waals surface area contributed by atoms with Crippen LogP contribution in [-0.4, -0.2) is 15.9 Å². The fraction of sp³-hybridized carbons (Fsp3) is 0.462. The van der Waals surface area contributed by atoms with E-state index in [0.717, 1.165) is 0 Å². The maximum Gasteiger partial charge on any atom is 0.228 e. The number of alkyl halides is 3. The van der Waals surface area contributed by atoms with E-state index < -0.39 is 9.96 Å². The molecule has 0 radical (unpaired) electrons. The molecule has 3 nitrogen and oxygen atoms in total. The molecule has 0 aliphatic carbocycles. The van der Waals surface area contributed by atoms with Gasteiger partial charge in [-0.3, -0.25) is 4.79 Å². The van der Waals surface area contributed by atoms with Crippen molar-refractivity contribution >= 4 is 69.6 Å². The number of carbonyl (C=O) groups excluding carboxylic acids is 1. The minimum absolute atomic E-state index is 0.185. The fourth-order valence-electron chi connectivity index (χ4n) is 1.57. The molecule has 0 bridgehead atoms. The third kappa shape index (κ3) is 6.29. The number of hydrogen-bond donors (Lipinski definition) is 2. The average Bonchev–Trinajstić information content (AvgIpc) is 2.30. The molecule has 0 aromatic heterocycles. The van der Waals surface area contributed by atoms with Crippen LogP contribution in [0.1, 0.15) is 20.3 Å². The molecule has 2 N–H and O–H groups in total. The summed E-state index contributed by atoms with van der Waals surface area (Å²) in [7, 11) is 0. The van der Waals surface area contributed by atoms with Crippen LogP contribution < -0.4 is 10.6 Å². The molecule has 0 saturated carbocycles. The Morgan fingerprint density at radius 1 is 1.19 bits per heavy atom. The summed E-state index contributed by atoms with van der Waals surface area (Å²) >= 11 is 29.8. The molecule has 0 saturated heterocycles. The van der Waals surface area contributed by atoms with E-state index in [-0.39, 0.29) is 11.8 Å². The predicted molar refractivity (Wildman–Crippen MR) is 91.8 cm³/mol. The highest BCUT2D eigenvalue weighted by molar-refractivity contribution is 6.68. The Bertz CT molecular complexity index is 482. The highest BCUT2D eigenvalue weighted by atomic mass is 35.6. The third-order valence-electron chi connectivity index (χ3n) is 2.48. The Hall–Kier alpha value is -0.0600. The van der Waals surface area contributed by atoms with Crippen molar-refractivity contribution in [2.45, 2.75) is 30.2 Å². The van der Waals surface area contributed by atoms with Crippen molar-refractivity contribution < 1.29 is 4.79 Å². The van der Waals surface area contributed by atoms with E-state index >= 15 is 0 Å². The summed E-state index contributed by atoms with van der Waals surface area (Å²) in [5, 5.41) is 6.22. The van der Waals surface area contributed by atoms with Gasteiger partial charge in [0.1, 0.15) is 6.17 Å². The molecule has 8 heteroatoms. The van der Waals surface area contributed by atoms with E-state index in [1.807, 2.05) is 13.8 Å². The van der Waals surface area contributed by atoms with Gasteiger partial charge in [-0.15, -0.1) is 0 Å². The quantitative estimate of drug-likeness (QED) is 0.530. The lowest BCUT2D eigenvalue weighted by Gasteiger charge is -2.28. The highest BCUT2D eigenvalue weighted by Crippen LogP contribution is 2.35. The summed E-state index contributed by atoms with van der Waals surface area (Å²) < 4.78 is -1.77. The zero-order valence-electron chi connectivity index (χ0n) is 11.4. The number of hydrogen-bond acceptors (Lipinski definition) is 2. The number of amides is 1. The fourth-order valence-corrected chi connectivity index (χ4v) is 2.40. The van der Waals surface area contributed by atoms with Gasteiger partial charge < -0.3 is 10.6 Å². The molecule has 0 heterocycles. The van der Waals surface area contributed by atoms with Gasteiger partial charge in [-0.1, -0.05) is 77.9 Å². The normalized spacial score (nSPS) is 13.1. The first-order chi connectivity index (χ1) is 9.61. The van der Waals surface area contributed by atoms with Gasteiger partial charge in [0.05, 0.1) is 15.7 Å². The van der Waals surface area contributed by atoms with Crippen LogP contribution in [0.5, 0.6) is 0 Å². The molecule has 1 aromatic rings. The van der Waals surface area contributed by atoms with Crippen molar-refractivity contribution in [1.29, 1.82) is 0 Å². The number of benzene rings is 1. The van der Waals surface area contributed by atoms with E-state index in [1.165, 1.54) is 0 Å². The second-order valence-corrected chi connectivity index (χ2v) is 8.06. The van der Waals surface area contributed by atoms with E-state index in [9.17, 15) is 4.79 Å². The summed E-state index contributed by atoms with van der Waals surface area (Å²) in [6.45, 7) is 3.84. The van der Waals surface area contributed by atoms with Gasteiger partial charge in [0.15, 0.2) is 0 Å². The minimum atomic E-state index is -1.77. The predicted octanol–water partition coefficient (Wildman–Crippen LogP) is 5.26. The Balaban J connectivity index is 2.92. The zero-order chi connectivity index (χ0) is 16.2. The van der Waals surface area contributed by atoms with Crippen LogP contribution in [0.15, 0.2) is 18.2 Å². The lowest BCUT2D eigenvalue weighted by molar-refractivity contribution is -0.122. The summed E-state index contributed by atoms with van der Waals surface area (Å²) in [5.74, 6) is -0.0538. The molecule has 118 valence electrons. The molecule has 0 aliphatic rings. The van der Waals surface area contributed by atoms with Crippen molar-refractivity contribution in [3.05, 3.63) is 28.2 Å². The number of nitrogens with one attached hydrogen (secondary N) is 2. The van der Waals surface area contributed by atoms with Gasteiger partial charge in [-0.05, 0) is 18.1 Å². The van der Waals surface area contributed by atoms with E-state index in [2.05, 4.69) is 10.6 Å². The number of anilines is 1. The summed E-state index contributed by atoms with van der Waals surface area (Å²) in [5.41, 5.74) is 0.391. The summed E-state index contributed by atoms with van der Waals surface area (Å²) in [4.78, 5) is 11.9. The lowest BCUT2D eigenvalue weighted by Crippen LogP contribution is -2.49. The molecule has 0 spiro atoms. The molecule has 1 amide bonds. The lowest BCUT2D eigenvalue weighted by atomic mass is 10.1. The Morgan fingerprint density at radius 2 is 1.71 bits per heavy atom. The molecular formula is C13H15Cl5N2O. The van der Waals surface area contributed by atoms with E-state index in [4.69, 9.17) is 58.0 Å². The summed E-state index contributed by atoms with van der Waals surface area (Å²) in [6, 6.07) is 4.97. The molecule has 0 unspecified atom stereocenters. The van der Waals surface area contributed by atoms with Crippen molar-refractivity contribution in [2.75, 3.05) is 5.32 Å². The topological polar surface area (TPSA) is 41.1 Å². The van der Waals surface area contributed by atoms with Crippen molar-refractivity contribution in [3.63, 3.8) is 0 Å². The average molecular weight is 393 g/mol. The first-order valence-corrected chi connectivity index (χ1v) is 8.07. The van der Waals surface area contributed by atoms with Crippen LogP contribution in [0.4, 0.5) is 5.69 Å². The van der Waals surface area contributed by atoms with Gasteiger partial charge >= 0.3 is 0 Å². The van der Waals surface area contributed by atoms with Crippen LogP contribution in [0.2, 0.25) is 10.0 Å². The monoisotopic (exact) mass is 390 g/mol. The maximum absolute atomic E-state index is 11.9. The van der Waals surface area contributed by atoms with Crippen molar-refractivity contribution in [1.82, 2.24) is 5.32 Å².